The number of hydrogen-bond donors (Lipinski definition) is 3. The molecule has 5 heteroatoms. The van der Waals surface area contributed by atoms with E-state index in [-0.39, 0.29) is 0 Å². The average Bonchev–Trinajstić information content (AvgIpc) is 2.17. The summed E-state index contributed by atoms with van der Waals surface area (Å²) in [6, 6.07) is 0. The fourth-order valence-electron chi connectivity index (χ4n) is 2.09. The molecule has 15 heavy (non-hydrogen) atoms. The van der Waals surface area contributed by atoms with Crippen molar-refractivity contribution >= 4 is 11.9 Å². The van der Waals surface area contributed by atoms with E-state index in [4.69, 9.17) is 10.2 Å². The molecule has 1 aliphatic carbocycles. The van der Waals surface area contributed by atoms with Gasteiger partial charge in [0.15, 0.2) is 5.60 Å². The molecule has 0 bridgehead atoms. The molecule has 5 nitrogen and oxygen atoms in total. The van der Waals surface area contributed by atoms with Crippen LogP contribution in [0.5, 0.6) is 0 Å². The van der Waals surface area contributed by atoms with Gasteiger partial charge in [-0.1, -0.05) is 19.3 Å². The summed E-state index contributed by atoms with van der Waals surface area (Å²) in [5.74, 6) is -3.36. The third kappa shape index (κ3) is 2.68. The molecule has 1 fully saturated rings. The highest BCUT2D eigenvalue weighted by atomic mass is 16.4. The van der Waals surface area contributed by atoms with Gasteiger partial charge in [-0.15, -0.1) is 0 Å². The van der Waals surface area contributed by atoms with E-state index in [9.17, 15) is 14.7 Å². The van der Waals surface area contributed by atoms with Gasteiger partial charge in [0, 0.05) is 0 Å². The molecule has 0 aromatic rings. The van der Waals surface area contributed by atoms with E-state index in [0.29, 0.717) is 19.3 Å². The van der Waals surface area contributed by atoms with Crippen molar-refractivity contribution in [2.45, 2.75) is 37.7 Å². The van der Waals surface area contributed by atoms with Crippen molar-refractivity contribution in [1.29, 1.82) is 0 Å². The average molecular weight is 215 g/mol. The summed E-state index contributed by atoms with van der Waals surface area (Å²) < 4.78 is 0. The number of carboxylic acid groups (broad SMARTS) is 2. The predicted molar refractivity (Wildman–Crippen MR) is 51.1 cm³/mol. The van der Waals surface area contributed by atoms with E-state index >= 15 is 0 Å². The van der Waals surface area contributed by atoms with Gasteiger partial charge in [-0.05, 0) is 18.8 Å². The zero-order valence-electron chi connectivity index (χ0n) is 8.35. The Morgan fingerprint density at radius 2 is 1.67 bits per heavy atom. The molecule has 0 aromatic heterocycles. The fraction of sp³-hybridized carbons (Fsp3) is 0.700. The van der Waals surface area contributed by atoms with Crippen molar-refractivity contribution < 1.29 is 24.9 Å². The number of carbonyl (C=O) groups is 2. The van der Waals surface area contributed by atoms with Crippen molar-refractivity contribution in [3.63, 3.8) is 0 Å². The predicted octanol–water partition coefficient (Wildman–Crippen LogP) is 0.671. The molecule has 0 aromatic carbocycles. The number of hydrogen-bond acceptors (Lipinski definition) is 3. The van der Waals surface area contributed by atoms with E-state index in [0.717, 1.165) is 19.3 Å². The van der Waals surface area contributed by atoms with Gasteiger partial charge >= 0.3 is 11.9 Å². The Morgan fingerprint density at radius 3 is 2.07 bits per heavy atom. The van der Waals surface area contributed by atoms with Gasteiger partial charge < -0.3 is 15.3 Å². The Kier molecular flexibility index (Phi) is 3.68. The van der Waals surface area contributed by atoms with Crippen LogP contribution in [0.3, 0.4) is 0 Å². The minimum absolute atomic E-state index is 0.486. The van der Waals surface area contributed by atoms with Gasteiger partial charge in [0.1, 0.15) is 6.42 Å². The summed E-state index contributed by atoms with van der Waals surface area (Å²) in [6.45, 7) is 0. The van der Waals surface area contributed by atoms with E-state index in [1.165, 1.54) is 0 Å². The van der Waals surface area contributed by atoms with Crippen LogP contribution in [0, 0.1) is 12.3 Å². The molecule has 1 unspecified atom stereocenters. The Balaban J connectivity index is 2.78. The number of aliphatic hydroxyl groups is 1. The molecular formula is C10H15O5. The highest BCUT2D eigenvalue weighted by Crippen LogP contribution is 2.34. The lowest BCUT2D eigenvalue weighted by atomic mass is 9.75. The fourth-order valence-corrected chi connectivity index (χ4v) is 2.09. The van der Waals surface area contributed by atoms with Gasteiger partial charge in [0.2, 0.25) is 0 Å². The second-order valence-electron chi connectivity index (χ2n) is 3.95. The molecule has 1 radical (unpaired) electrons. The van der Waals surface area contributed by atoms with Crippen LogP contribution in [0.1, 0.15) is 32.1 Å². The van der Waals surface area contributed by atoms with Gasteiger partial charge in [-0.25, -0.2) is 4.79 Å². The van der Waals surface area contributed by atoms with E-state index in [1.54, 1.807) is 0 Å². The largest absolute Gasteiger partial charge is 0.481 e. The molecule has 0 saturated heterocycles. The van der Waals surface area contributed by atoms with Gasteiger partial charge in [0.05, 0.1) is 0 Å². The van der Waals surface area contributed by atoms with Crippen molar-refractivity contribution in [3.05, 3.63) is 6.42 Å². The van der Waals surface area contributed by atoms with Crippen molar-refractivity contribution in [3.8, 4) is 0 Å². The monoisotopic (exact) mass is 215 g/mol. The third-order valence-electron chi connectivity index (χ3n) is 2.91. The van der Waals surface area contributed by atoms with Crippen LogP contribution in [-0.2, 0) is 9.59 Å². The number of aliphatic carboxylic acids is 2. The van der Waals surface area contributed by atoms with Crippen LogP contribution >= 0.6 is 0 Å². The first-order chi connectivity index (χ1) is 6.97. The lowest BCUT2D eigenvalue weighted by Gasteiger charge is -2.33. The molecule has 3 N–H and O–H groups in total. The maximum Gasteiger partial charge on any atom is 0.336 e. The topological polar surface area (TPSA) is 94.8 Å². The molecule has 1 rings (SSSR count). The summed E-state index contributed by atoms with van der Waals surface area (Å²) in [7, 11) is 0. The molecule has 0 amide bonds. The first-order valence-corrected chi connectivity index (χ1v) is 5.01. The third-order valence-corrected chi connectivity index (χ3v) is 2.91. The number of carboxylic acids is 2. The maximum atomic E-state index is 10.9. The Hall–Kier alpha value is -1.10. The molecule has 0 heterocycles. The smallest absolute Gasteiger partial charge is 0.336 e. The highest BCUT2D eigenvalue weighted by Gasteiger charge is 2.46. The van der Waals surface area contributed by atoms with Crippen LogP contribution in [-0.4, -0.2) is 32.9 Å². The molecular weight excluding hydrogens is 200 g/mol. The Morgan fingerprint density at radius 1 is 1.13 bits per heavy atom. The van der Waals surface area contributed by atoms with E-state index in [2.05, 4.69) is 0 Å². The van der Waals surface area contributed by atoms with Crippen LogP contribution in [0.4, 0.5) is 0 Å². The SMILES string of the molecule is O=C(O)[CH]C(O)(C(=O)O)C1CCCCC1. The zero-order valence-corrected chi connectivity index (χ0v) is 8.35. The first kappa shape index (κ1) is 12.0. The highest BCUT2D eigenvalue weighted by molar-refractivity contribution is 5.90. The summed E-state index contributed by atoms with van der Waals surface area (Å²) in [5, 5.41) is 27.3. The number of rotatable bonds is 4. The minimum atomic E-state index is -2.22. The van der Waals surface area contributed by atoms with Crippen LogP contribution in [0.2, 0.25) is 0 Å². The van der Waals surface area contributed by atoms with Crippen LogP contribution in [0.25, 0.3) is 0 Å². The van der Waals surface area contributed by atoms with Crippen LogP contribution < -0.4 is 0 Å². The van der Waals surface area contributed by atoms with Crippen molar-refractivity contribution in [2.24, 2.45) is 5.92 Å². The summed E-state index contributed by atoms with van der Waals surface area (Å²) >= 11 is 0. The van der Waals surface area contributed by atoms with E-state index < -0.39 is 23.5 Å². The summed E-state index contributed by atoms with van der Waals surface area (Å²) in [6.07, 6.45) is 4.31. The van der Waals surface area contributed by atoms with Crippen molar-refractivity contribution in [2.75, 3.05) is 0 Å². The quantitative estimate of drug-likeness (QED) is 0.640. The second kappa shape index (κ2) is 4.61. The second-order valence-corrected chi connectivity index (χ2v) is 3.95. The van der Waals surface area contributed by atoms with Gasteiger partial charge in [-0.2, -0.15) is 0 Å². The molecule has 85 valence electrons. The molecule has 0 aliphatic heterocycles. The zero-order chi connectivity index (χ0) is 11.5. The van der Waals surface area contributed by atoms with Crippen LogP contribution in [0.15, 0.2) is 0 Å². The molecule has 1 saturated carbocycles. The lowest BCUT2D eigenvalue weighted by Crippen LogP contribution is -2.48. The minimum Gasteiger partial charge on any atom is -0.481 e. The van der Waals surface area contributed by atoms with Gasteiger partial charge in [-0.3, -0.25) is 4.79 Å². The van der Waals surface area contributed by atoms with Gasteiger partial charge in [0.25, 0.3) is 0 Å². The molecule has 0 spiro atoms. The summed E-state index contributed by atoms with van der Waals surface area (Å²) in [4.78, 5) is 21.4. The Bertz CT molecular complexity index is 257. The standard InChI is InChI=1S/C10H15O5/c11-8(12)6-10(15,9(13)14)7-4-2-1-3-5-7/h6-7,15H,1-5H2,(H,11,12)(H,13,14). The maximum absolute atomic E-state index is 10.9. The Labute approximate surface area is 87.7 Å². The normalized spacial score (nSPS) is 21.9. The molecule has 1 aliphatic rings. The first-order valence-electron chi connectivity index (χ1n) is 5.01. The van der Waals surface area contributed by atoms with Crippen molar-refractivity contribution in [1.82, 2.24) is 0 Å². The molecule has 1 atom stereocenters. The lowest BCUT2D eigenvalue weighted by molar-refractivity contribution is -0.165. The van der Waals surface area contributed by atoms with E-state index in [1.807, 2.05) is 0 Å². The summed E-state index contributed by atoms with van der Waals surface area (Å²) in [5.41, 5.74) is -2.22.